The quantitative estimate of drug-likeness (QED) is 0.0215. The third-order valence-corrected chi connectivity index (χ3v) is 38.7. The van der Waals surface area contributed by atoms with Gasteiger partial charge in [-0.25, -0.2) is 0 Å². The van der Waals surface area contributed by atoms with Gasteiger partial charge in [0.1, 0.15) is 130 Å². The number of hydrogen-bond donors (Lipinski definition) is 0. The van der Waals surface area contributed by atoms with Gasteiger partial charge in [-0.15, -0.1) is 0 Å². The number of ether oxygens (including phenoxy) is 14. The molecule has 6 heterocycles. The highest BCUT2D eigenvalue weighted by atomic mass is 32.2. The maximum Gasteiger partial charge on any atom is 0.188 e. The molecule has 0 unspecified atom stereocenters. The lowest BCUT2D eigenvalue weighted by Crippen LogP contribution is -2.18. The first kappa shape index (κ1) is 97.3. The number of fused-ring (bicyclic) bond motifs is 6. The summed E-state index contributed by atoms with van der Waals surface area (Å²) in [4.78, 5) is 9.13. The Morgan fingerprint density at radius 3 is 0.528 bits per heavy atom. The van der Waals surface area contributed by atoms with Gasteiger partial charge < -0.3 is 66.3 Å². The van der Waals surface area contributed by atoms with E-state index in [9.17, 15) is 0 Å². The highest BCUT2D eigenvalue weighted by molar-refractivity contribution is 7.98. The lowest BCUT2D eigenvalue weighted by molar-refractivity contribution is 0.0520. The fourth-order valence-electron chi connectivity index (χ4n) is 17.1. The molecule has 18 rings (SSSR count). The summed E-state index contributed by atoms with van der Waals surface area (Å²) in [5.74, 6) is 21.9. The lowest BCUT2D eigenvalue weighted by Gasteiger charge is -2.16. The smallest absolute Gasteiger partial charge is 0.188 e. The minimum absolute atomic E-state index is 0.301. The minimum atomic E-state index is 0.301. The zero-order valence-electron chi connectivity index (χ0n) is 75.9. The molecule has 0 amide bonds. The molecule has 0 aromatic heterocycles. The van der Waals surface area contributed by atoms with E-state index in [1.807, 2.05) is 0 Å². The molecule has 12 aromatic rings. The highest BCUT2D eigenvalue weighted by Crippen LogP contribution is 2.42. The minimum Gasteiger partial charge on any atom is -0.491 e. The van der Waals surface area contributed by atoms with E-state index in [1.54, 1.807) is 42.7 Å². The first-order valence-electron chi connectivity index (χ1n) is 45.9. The Morgan fingerprint density at radius 2 is 0.331 bits per heavy atom. The van der Waals surface area contributed by atoms with Gasteiger partial charge in [0.25, 0.3) is 0 Å². The van der Waals surface area contributed by atoms with E-state index in [0.717, 1.165) is 34.5 Å². The van der Waals surface area contributed by atoms with Gasteiger partial charge in [-0.3, -0.25) is 0 Å². The number of rotatable bonds is 34. The van der Waals surface area contributed by atoms with Crippen molar-refractivity contribution >= 4 is 130 Å². The molecule has 6 aliphatic rings. The molecule has 20 heteroatoms. The van der Waals surface area contributed by atoms with Gasteiger partial charge in [-0.2, -0.15) is 0 Å². The van der Waals surface area contributed by atoms with Crippen LogP contribution in [0.2, 0.25) is 0 Å². The van der Waals surface area contributed by atoms with Crippen LogP contribution < -0.4 is 28.4 Å². The van der Waals surface area contributed by atoms with Gasteiger partial charge in [0.05, 0.1) is 52.9 Å². The molecule has 6 saturated heterocycles. The SMILES string of the molecule is COCCOCCOc1ccc([S+]2CCCC2)c2ccccc12.COCCOCCOc1ccc([S+]2CCCCC2)c2ccccc12.COCCOc1ccc([S+]2CCCC2)c2ccccc12.COCCOc1ccc([S+]2CCCCC2)c2ccccc12.COCOc1ccc([S+]2CCCC2)c2ccccc12.COCOc1ccc([S+]2CCCCC2)c2ccccc12. The van der Waals surface area contributed by atoms with Crippen LogP contribution in [0.25, 0.3) is 64.6 Å². The summed E-state index contributed by atoms with van der Waals surface area (Å²) in [5.41, 5.74) is 0. The molecule has 0 N–H and O–H groups in total. The van der Waals surface area contributed by atoms with Gasteiger partial charge >= 0.3 is 0 Å². The van der Waals surface area contributed by atoms with E-state index in [-0.39, 0.29) is 0 Å². The van der Waals surface area contributed by atoms with Crippen LogP contribution in [0, 0.1) is 0 Å². The van der Waals surface area contributed by atoms with Crippen LogP contribution in [0.1, 0.15) is 96.3 Å². The molecule has 12 aromatic carbocycles. The van der Waals surface area contributed by atoms with Gasteiger partial charge in [0.2, 0.25) is 0 Å². The van der Waals surface area contributed by atoms with Crippen molar-refractivity contribution in [1.29, 1.82) is 0 Å². The molecule has 0 atom stereocenters. The van der Waals surface area contributed by atoms with Crippen LogP contribution >= 0.6 is 0 Å². The largest absolute Gasteiger partial charge is 0.491 e. The second-order valence-corrected chi connectivity index (χ2v) is 45.5. The first-order valence-corrected chi connectivity index (χ1v) is 55.3. The van der Waals surface area contributed by atoms with Gasteiger partial charge in [-0.1, -0.05) is 109 Å². The molecule has 6 fully saturated rings. The van der Waals surface area contributed by atoms with Gasteiger partial charge in [-0.05, 0) is 206 Å². The molecule has 127 heavy (non-hydrogen) atoms. The molecular weight excluding hydrogens is 1700 g/mol. The van der Waals surface area contributed by atoms with Crippen molar-refractivity contribution in [1.82, 2.24) is 0 Å². The summed E-state index contributed by atoms with van der Waals surface area (Å²) in [6.07, 6.45) is 20.7. The number of methoxy groups -OCH3 is 6. The standard InChI is InChI=1S/C20H27O3S.C19H25O3S.C18H23O2S.2C17H21O2S.C16H19O2S/c1-21-11-12-22-13-14-23-19-9-10-20(24-15-5-2-6-16-24)18-8-4-3-7-17(18)19;1-20-10-11-21-12-13-22-18-8-9-19(23-14-4-5-15-23)17-7-3-2-6-16(17)18;1-19-11-12-20-17-9-10-18(21-13-5-2-6-14-21)16-8-4-3-7-15(16)17;1-18-13-19-16-9-10-17(20-11-5-2-6-12-20)15-8-4-3-7-14(15)16;1-18-10-11-19-16-8-9-17(20-12-4-5-13-20)15-7-3-2-6-14(15)16;1-17-12-18-15-8-9-16(19-10-4-5-11-19)14-7-3-2-6-13(14)15/h3-4,7-10H,2,5-6,11-16H2,1H3;2-3,6-9H,4-5,10-15H2,1H3;3-4,7-10H,2,5-6,11-14H2,1H3;3-4,7-10H,2,5-6,11-13H2,1H3;2-3,6-9H,4-5,10-13H2,1H3;2-3,6-9H,4-5,10-12H2,1H3/q6*+1. The molecule has 678 valence electrons. The van der Waals surface area contributed by atoms with Crippen molar-refractivity contribution in [2.75, 3.05) is 205 Å². The molecule has 6 aliphatic heterocycles. The second kappa shape index (κ2) is 54.6. The van der Waals surface area contributed by atoms with E-state index >= 15 is 0 Å². The molecule has 14 nitrogen and oxygen atoms in total. The van der Waals surface area contributed by atoms with Crippen molar-refractivity contribution < 1.29 is 66.3 Å². The summed E-state index contributed by atoms with van der Waals surface area (Å²) in [6, 6.07) is 78.1. The van der Waals surface area contributed by atoms with Gasteiger partial charge in [0.15, 0.2) is 43.0 Å². The Kier molecular flexibility index (Phi) is 41.8. The van der Waals surface area contributed by atoms with E-state index < -0.39 is 0 Å². The highest BCUT2D eigenvalue weighted by Gasteiger charge is 2.35. The van der Waals surface area contributed by atoms with Crippen LogP contribution in [-0.2, 0) is 103 Å². The number of hydrogen-bond acceptors (Lipinski definition) is 14. The molecule has 0 aliphatic carbocycles. The van der Waals surface area contributed by atoms with Crippen LogP contribution in [0.3, 0.4) is 0 Å². The normalized spacial score (nSPS) is 15.9. The third kappa shape index (κ3) is 28.2. The zero-order chi connectivity index (χ0) is 87.7. The summed E-state index contributed by atoms with van der Waals surface area (Å²) in [6.45, 7) is 7.85. The Bertz CT molecular complexity index is 5230. The molecule has 0 spiro atoms. The topological polar surface area (TPSA) is 129 Å². The monoisotopic (exact) mass is 1840 g/mol. The predicted octanol–water partition coefficient (Wildman–Crippen LogP) is 22.9. The van der Waals surface area contributed by atoms with Crippen molar-refractivity contribution in [3.63, 3.8) is 0 Å². The average Bonchev–Trinajstić information content (AvgIpc) is 1.50. The fraction of sp³-hybridized carbons (Fsp3) is 0.439. The first-order chi connectivity index (χ1) is 62.9. The van der Waals surface area contributed by atoms with E-state index in [4.69, 9.17) is 66.3 Å². The van der Waals surface area contributed by atoms with Crippen LogP contribution in [-0.4, -0.2) is 205 Å². The maximum atomic E-state index is 5.98. The molecular formula is C107H136O14S6+6. The van der Waals surface area contributed by atoms with Crippen LogP contribution in [0.4, 0.5) is 0 Å². The van der Waals surface area contributed by atoms with E-state index in [1.165, 1.54) is 259 Å². The summed E-state index contributed by atoms with van der Waals surface area (Å²) < 4.78 is 76.1. The van der Waals surface area contributed by atoms with Crippen molar-refractivity contribution in [2.45, 2.75) is 126 Å². The second-order valence-electron chi connectivity index (χ2n) is 32.0. The molecule has 0 saturated carbocycles. The summed E-state index contributed by atoms with van der Waals surface area (Å²) >= 11 is 0. The third-order valence-electron chi connectivity index (χ3n) is 23.5. The Balaban J connectivity index is 0.000000131. The maximum absolute atomic E-state index is 5.98. The van der Waals surface area contributed by atoms with Crippen LogP contribution in [0.5, 0.6) is 34.5 Å². The van der Waals surface area contributed by atoms with Crippen molar-refractivity contribution in [3.05, 3.63) is 218 Å². The Labute approximate surface area is 773 Å². The van der Waals surface area contributed by atoms with E-state index in [2.05, 4.69) is 218 Å². The van der Waals surface area contributed by atoms with Crippen LogP contribution in [0.15, 0.2) is 248 Å². The predicted molar refractivity (Wildman–Crippen MR) is 541 cm³/mol. The molecule has 0 radical (unpaired) electrons. The zero-order valence-corrected chi connectivity index (χ0v) is 80.8. The van der Waals surface area contributed by atoms with Crippen molar-refractivity contribution in [2.24, 2.45) is 0 Å². The summed E-state index contributed by atoms with van der Waals surface area (Å²) in [5, 5.41) is 15.5. The van der Waals surface area contributed by atoms with Gasteiger partial charge in [0, 0.05) is 173 Å². The Hall–Kier alpha value is -7.22. The number of benzene rings is 12. The van der Waals surface area contributed by atoms with Crippen molar-refractivity contribution in [3.8, 4) is 34.5 Å². The Morgan fingerprint density at radius 1 is 0.165 bits per heavy atom. The average molecular weight is 1840 g/mol. The fourth-order valence-corrected chi connectivity index (χ4v) is 32.1. The summed E-state index contributed by atoms with van der Waals surface area (Å²) in [7, 11) is 12.6. The van der Waals surface area contributed by atoms with E-state index in [0.29, 0.717) is 158 Å². The molecule has 0 bridgehead atoms. The lowest BCUT2D eigenvalue weighted by atomic mass is 10.1.